The maximum absolute atomic E-state index is 5.48. The molecule has 0 aliphatic carbocycles. The summed E-state index contributed by atoms with van der Waals surface area (Å²) < 4.78 is 10.8. The molecule has 0 aromatic heterocycles. The Hall–Kier alpha value is -1.06. The van der Waals surface area contributed by atoms with Crippen molar-refractivity contribution in [2.24, 2.45) is 0 Å². The summed E-state index contributed by atoms with van der Waals surface area (Å²) in [5.74, 6) is 0.882. The highest BCUT2D eigenvalue weighted by molar-refractivity contribution is 5.35. The maximum Gasteiger partial charge on any atom is 0.124 e. The van der Waals surface area contributed by atoms with Crippen molar-refractivity contribution in [3.05, 3.63) is 29.8 Å². The van der Waals surface area contributed by atoms with Gasteiger partial charge < -0.3 is 14.8 Å². The summed E-state index contributed by atoms with van der Waals surface area (Å²) in [5.41, 5.74) is 1.09. The molecule has 1 aromatic carbocycles. The van der Waals surface area contributed by atoms with Crippen LogP contribution >= 0.6 is 0 Å². The highest BCUT2D eigenvalue weighted by Gasteiger charge is 2.14. The smallest absolute Gasteiger partial charge is 0.124 e. The lowest BCUT2D eigenvalue weighted by atomic mass is 10.1. The fourth-order valence-corrected chi connectivity index (χ4v) is 1.66. The Morgan fingerprint density at radius 3 is 2.62 bits per heavy atom. The Kier molecular flexibility index (Phi) is 5.90. The van der Waals surface area contributed by atoms with Gasteiger partial charge in [-0.25, -0.2) is 0 Å². The molecule has 3 heteroatoms. The van der Waals surface area contributed by atoms with Crippen molar-refractivity contribution in [1.82, 2.24) is 5.32 Å². The summed E-state index contributed by atoms with van der Waals surface area (Å²) in [6.45, 7) is 3.97. The normalized spacial score (nSPS) is 12.4. The Bertz CT molecular complexity index is 302. The van der Waals surface area contributed by atoms with Crippen LogP contribution in [0.5, 0.6) is 5.75 Å². The number of methoxy groups -OCH3 is 2. The fourth-order valence-electron chi connectivity index (χ4n) is 1.66. The minimum Gasteiger partial charge on any atom is -0.496 e. The summed E-state index contributed by atoms with van der Waals surface area (Å²) in [6.07, 6.45) is 1.17. The molecule has 16 heavy (non-hydrogen) atoms. The Balaban J connectivity index is 2.69. The van der Waals surface area contributed by atoms with Crippen LogP contribution in [-0.4, -0.2) is 27.3 Å². The van der Waals surface area contributed by atoms with Gasteiger partial charge in [0.05, 0.1) is 13.2 Å². The van der Waals surface area contributed by atoms with Crippen LogP contribution in [0.4, 0.5) is 0 Å². The Labute approximate surface area is 97.8 Å². The van der Waals surface area contributed by atoms with Gasteiger partial charge >= 0.3 is 0 Å². The van der Waals surface area contributed by atoms with E-state index in [0.717, 1.165) is 30.8 Å². The van der Waals surface area contributed by atoms with E-state index in [0.29, 0.717) is 0 Å². The molecule has 0 aliphatic rings. The van der Waals surface area contributed by atoms with E-state index < -0.39 is 0 Å². The lowest BCUT2D eigenvalue weighted by Gasteiger charge is -2.18. The Morgan fingerprint density at radius 1 is 1.25 bits per heavy atom. The molecule has 0 spiro atoms. The van der Waals surface area contributed by atoms with Gasteiger partial charge in [-0.3, -0.25) is 0 Å². The number of ether oxygens (including phenoxy) is 2. The third-order valence-corrected chi connectivity index (χ3v) is 2.53. The van der Waals surface area contributed by atoms with Crippen LogP contribution in [0.2, 0.25) is 0 Å². The van der Waals surface area contributed by atoms with Gasteiger partial charge in [-0.05, 0) is 19.0 Å². The molecular formula is C13H21NO2. The van der Waals surface area contributed by atoms with Gasteiger partial charge in [0, 0.05) is 19.2 Å². The average Bonchev–Trinajstić information content (AvgIpc) is 2.35. The third kappa shape index (κ3) is 3.51. The molecule has 1 atom stereocenters. The molecule has 1 aromatic rings. The molecule has 0 aliphatic heterocycles. The van der Waals surface area contributed by atoms with Crippen LogP contribution in [0.1, 0.15) is 25.0 Å². The largest absolute Gasteiger partial charge is 0.496 e. The highest BCUT2D eigenvalue weighted by atomic mass is 16.5. The number of benzene rings is 1. The molecule has 0 heterocycles. The average molecular weight is 223 g/mol. The van der Waals surface area contributed by atoms with Gasteiger partial charge in [-0.1, -0.05) is 25.1 Å². The van der Waals surface area contributed by atoms with E-state index in [2.05, 4.69) is 12.2 Å². The van der Waals surface area contributed by atoms with Gasteiger partial charge in [0.25, 0.3) is 0 Å². The van der Waals surface area contributed by atoms with Crippen LogP contribution < -0.4 is 10.1 Å². The van der Waals surface area contributed by atoms with Crippen LogP contribution in [0.25, 0.3) is 0 Å². The number of hydrogen-bond acceptors (Lipinski definition) is 3. The maximum atomic E-state index is 5.48. The second-order valence-corrected chi connectivity index (χ2v) is 3.67. The number of para-hydroxylation sites is 1. The van der Waals surface area contributed by atoms with Crippen molar-refractivity contribution in [2.45, 2.75) is 19.4 Å². The molecule has 0 amide bonds. The molecule has 1 N–H and O–H groups in total. The molecule has 90 valence electrons. The SMILES string of the molecule is CCCNCC(OC)c1ccccc1OC. The minimum atomic E-state index is 0.0442. The fraction of sp³-hybridized carbons (Fsp3) is 0.538. The molecule has 0 bridgehead atoms. The van der Waals surface area contributed by atoms with Gasteiger partial charge in [0.2, 0.25) is 0 Å². The first-order valence-corrected chi connectivity index (χ1v) is 5.69. The highest BCUT2D eigenvalue weighted by Crippen LogP contribution is 2.26. The molecular weight excluding hydrogens is 202 g/mol. The first kappa shape index (κ1) is 13.0. The van der Waals surface area contributed by atoms with Crippen molar-refractivity contribution in [3.63, 3.8) is 0 Å². The van der Waals surface area contributed by atoms with E-state index in [1.165, 1.54) is 0 Å². The van der Waals surface area contributed by atoms with E-state index in [9.17, 15) is 0 Å². The summed E-state index contributed by atoms with van der Waals surface area (Å²) in [6, 6.07) is 7.97. The van der Waals surface area contributed by atoms with Crippen LogP contribution in [0.3, 0.4) is 0 Å². The van der Waals surface area contributed by atoms with Crippen molar-refractivity contribution in [1.29, 1.82) is 0 Å². The predicted octanol–water partition coefficient (Wildman–Crippen LogP) is 2.38. The molecule has 0 fully saturated rings. The third-order valence-electron chi connectivity index (χ3n) is 2.53. The van der Waals surface area contributed by atoms with Crippen LogP contribution in [0.15, 0.2) is 24.3 Å². The first-order valence-electron chi connectivity index (χ1n) is 5.69. The van der Waals surface area contributed by atoms with Gasteiger partial charge in [-0.2, -0.15) is 0 Å². The second kappa shape index (κ2) is 7.25. The van der Waals surface area contributed by atoms with Gasteiger partial charge in [-0.15, -0.1) is 0 Å². The lowest BCUT2D eigenvalue weighted by molar-refractivity contribution is 0.100. The van der Waals surface area contributed by atoms with Crippen LogP contribution in [0, 0.1) is 0 Å². The zero-order valence-electron chi connectivity index (χ0n) is 10.3. The zero-order chi connectivity index (χ0) is 11.8. The molecule has 0 saturated heterocycles. The van der Waals surface area contributed by atoms with Gasteiger partial charge in [0.1, 0.15) is 5.75 Å². The van der Waals surface area contributed by atoms with E-state index in [-0.39, 0.29) is 6.10 Å². The summed E-state index contributed by atoms with van der Waals surface area (Å²) >= 11 is 0. The summed E-state index contributed by atoms with van der Waals surface area (Å²) in [5, 5.41) is 3.36. The lowest BCUT2D eigenvalue weighted by Crippen LogP contribution is -2.23. The predicted molar refractivity (Wildman–Crippen MR) is 65.9 cm³/mol. The van der Waals surface area contributed by atoms with Crippen molar-refractivity contribution >= 4 is 0 Å². The summed E-state index contributed by atoms with van der Waals surface area (Å²) in [7, 11) is 3.41. The van der Waals surface area contributed by atoms with E-state index in [1.54, 1.807) is 14.2 Å². The quantitative estimate of drug-likeness (QED) is 0.720. The van der Waals surface area contributed by atoms with E-state index in [4.69, 9.17) is 9.47 Å². The molecule has 0 radical (unpaired) electrons. The first-order chi connectivity index (χ1) is 7.83. The standard InChI is InChI=1S/C13H21NO2/c1-4-9-14-10-13(16-3)11-7-5-6-8-12(11)15-2/h5-8,13-14H,4,9-10H2,1-3H3. The van der Waals surface area contributed by atoms with Gasteiger partial charge in [0.15, 0.2) is 0 Å². The van der Waals surface area contributed by atoms with E-state index >= 15 is 0 Å². The molecule has 1 rings (SSSR count). The zero-order valence-corrected chi connectivity index (χ0v) is 10.3. The number of rotatable bonds is 7. The number of hydrogen-bond donors (Lipinski definition) is 1. The topological polar surface area (TPSA) is 30.5 Å². The molecule has 0 saturated carbocycles. The van der Waals surface area contributed by atoms with E-state index in [1.807, 2.05) is 24.3 Å². The van der Waals surface area contributed by atoms with Crippen molar-refractivity contribution < 1.29 is 9.47 Å². The minimum absolute atomic E-state index is 0.0442. The summed E-state index contributed by atoms with van der Waals surface area (Å²) in [4.78, 5) is 0. The van der Waals surface area contributed by atoms with Crippen molar-refractivity contribution in [2.75, 3.05) is 27.3 Å². The van der Waals surface area contributed by atoms with Crippen molar-refractivity contribution in [3.8, 4) is 5.75 Å². The second-order valence-electron chi connectivity index (χ2n) is 3.67. The van der Waals surface area contributed by atoms with Crippen LogP contribution in [-0.2, 0) is 4.74 Å². The Morgan fingerprint density at radius 2 is 2.00 bits per heavy atom. The monoisotopic (exact) mass is 223 g/mol. The molecule has 3 nitrogen and oxygen atoms in total. The number of nitrogens with one attached hydrogen (secondary N) is 1. The molecule has 1 unspecified atom stereocenters.